The molecule has 214 valence electrons. The smallest absolute Gasteiger partial charge is 0.290 e. The van der Waals surface area contributed by atoms with Crippen molar-refractivity contribution in [3.8, 4) is 17.2 Å². The first-order chi connectivity index (χ1) is 19.7. The Kier molecular flexibility index (Phi) is 8.71. The number of hydrogen-bond acceptors (Lipinski definition) is 7. The number of ether oxygens (including phenoxy) is 3. The van der Waals surface area contributed by atoms with Gasteiger partial charge in [0, 0.05) is 18.7 Å². The van der Waals surface area contributed by atoms with Crippen molar-refractivity contribution < 1.29 is 23.8 Å². The molecule has 0 radical (unpaired) electrons. The molecule has 1 saturated heterocycles. The molecule has 0 bridgehead atoms. The fourth-order valence-electron chi connectivity index (χ4n) is 5.18. The molecule has 3 aromatic carbocycles. The molecule has 0 spiro atoms. The van der Waals surface area contributed by atoms with Crippen molar-refractivity contribution in [1.29, 1.82) is 0 Å². The van der Waals surface area contributed by atoms with Gasteiger partial charge in [-0.1, -0.05) is 42.5 Å². The van der Waals surface area contributed by atoms with Crippen molar-refractivity contribution in [1.82, 2.24) is 10.6 Å². The number of hydrogen-bond donors (Lipinski definition) is 2. The summed E-state index contributed by atoms with van der Waals surface area (Å²) in [5.74, 6) is 2.35. The number of thioether (sulfide) groups is 1. The molecule has 1 atom stereocenters. The van der Waals surface area contributed by atoms with Crippen LogP contribution in [0.15, 0.2) is 59.5 Å². The lowest BCUT2D eigenvalue weighted by molar-refractivity contribution is -0.115. The van der Waals surface area contributed by atoms with Crippen LogP contribution < -0.4 is 24.8 Å². The third kappa shape index (κ3) is 6.77. The lowest BCUT2D eigenvalue weighted by Gasteiger charge is -2.38. The SMILES string of the molecule is Cc1c(C)c2c(c(C)c1OCc1ccccc1)CCC(C)(CNCCOc1ccc(/C=C3\SC(=O)NC3=O)cc1)O2. The Morgan fingerprint density at radius 1 is 1.00 bits per heavy atom. The molecule has 1 unspecified atom stereocenters. The van der Waals surface area contributed by atoms with Crippen molar-refractivity contribution in [2.75, 3.05) is 19.7 Å². The van der Waals surface area contributed by atoms with E-state index in [1.807, 2.05) is 42.5 Å². The monoisotopic (exact) mass is 572 g/mol. The number of nitrogens with one attached hydrogen (secondary N) is 2. The van der Waals surface area contributed by atoms with E-state index in [9.17, 15) is 9.59 Å². The zero-order chi connectivity index (χ0) is 29.0. The molecule has 0 aliphatic carbocycles. The molecule has 2 N–H and O–H groups in total. The molecule has 0 saturated carbocycles. The van der Waals surface area contributed by atoms with E-state index in [0.29, 0.717) is 31.2 Å². The van der Waals surface area contributed by atoms with Gasteiger partial charge in [-0.15, -0.1) is 0 Å². The van der Waals surface area contributed by atoms with Crippen LogP contribution >= 0.6 is 11.8 Å². The van der Waals surface area contributed by atoms with Crippen LogP contribution in [0.1, 0.15) is 46.7 Å². The maximum absolute atomic E-state index is 11.7. The number of carbonyl (C=O) groups is 2. The molecule has 2 amide bonds. The van der Waals surface area contributed by atoms with Crippen LogP contribution in [0, 0.1) is 20.8 Å². The van der Waals surface area contributed by atoms with E-state index in [1.165, 1.54) is 11.1 Å². The minimum atomic E-state index is -0.358. The standard InChI is InChI=1S/C33H36N2O5S/c1-21-22(2)30-27(23(3)29(21)39-19-25-8-6-5-7-9-25)14-15-33(4,40-30)20-34-16-17-38-26-12-10-24(11-13-26)18-28-31(36)35-32(37)41-28/h5-13,18,34H,14-17,19-20H2,1-4H3,(H,35,36,37)/b28-18-. The molecule has 7 nitrogen and oxygen atoms in total. The van der Waals surface area contributed by atoms with Gasteiger partial charge in [0.1, 0.15) is 36.1 Å². The third-order valence-corrected chi connectivity index (χ3v) is 8.47. The van der Waals surface area contributed by atoms with Crippen LogP contribution in [0.3, 0.4) is 0 Å². The van der Waals surface area contributed by atoms with Gasteiger partial charge in [0.2, 0.25) is 0 Å². The van der Waals surface area contributed by atoms with Crippen LogP contribution in [0.5, 0.6) is 17.2 Å². The van der Waals surface area contributed by atoms with Crippen LogP contribution in [-0.2, 0) is 17.8 Å². The van der Waals surface area contributed by atoms with Gasteiger partial charge in [-0.25, -0.2) is 0 Å². The molecular weight excluding hydrogens is 536 g/mol. The lowest BCUT2D eigenvalue weighted by Crippen LogP contribution is -2.46. The highest BCUT2D eigenvalue weighted by molar-refractivity contribution is 8.18. The Morgan fingerprint density at radius 3 is 2.46 bits per heavy atom. The van der Waals surface area contributed by atoms with Gasteiger partial charge in [-0.05, 0) is 98.3 Å². The number of benzene rings is 3. The highest BCUT2D eigenvalue weighted by Gasteiger charge is 2.34. The first-order valence-electron chi connectivity index (χ1n) is 13.9. The van der Waals surface area contributed by atoms with Crippen LogP contribution in [0.25, 0.3) is 6.08 Å². The van der Waals surface area contributed by atoms with Gasteiger partial charge in [0.05, 0.1) is 4.91 Å². The second-order valence-electron chi connectivity index (χ2n) is 10.8. The summed E-state index contributed by atoms with van der Waals surface area (Å²) in [6, 6.07) is 17.7. The summed E-state index contributed by atoms with van der Waals surface area (Å²) in [7, 11) is 0. The average molecular weight is 573 g/mol. The molecule has 2 aliphatic rings. The molecule has 0 aromatic heterocycles. The van der Waals surface area contributed by atoms with E-state index in [4.69, 9.17) is 14.2 Å². The summed E-state index contributed by atoms with van der Waals surface area (Å²) in [5.41, 5.74) is 6.36. The van der Waals surface area contributed by atoms with Crippen LogP contribution in [0.4, 0.5) is 4.79 Å². The fraction of sp³-hybridized carbons (Fsp3) is 0.333. The zero-order valence-corrected chi connectivity index (χ0v) is 24.8. The minimum absolute atomic E-state index is 0.315. The summed E-state index contributed by atoms with van der Waals surface area (Å²) >= 11 is 0.909. The maximum atomic E-state index is 11.7. The number of imide groups is 1. The fourth-order valence-corrected chi connectivity index (χ4v) is 5.86. The van der Waals surface area contributed by atoms with Gasteiger partial charge in [-0.2, -0.15) is 0 Å². The first-order valence-corrected chi connectivity index (χ1v) is 14.7. The molecule has 41 heavy (non-hydrogen) atoms. The number of amides is 2. The summed E-state index contributed by atoms with van der Waals surface area (Å²) in [6.07, 6.45) is 3.55. The predicted molar refractivity (Wildman–Crippen MR) is 163 cm³/mol. The molecule has 3 aromatic rings. The predicted octanol–water partition coefficient (Wildman–Crippen LogP) is 6.27. The second-order valence-corrected chi connectivity index (χ2v) is 11.8. The van der Waals surface area contributed by atoms with Crippen molar-refractivity contribution in [3.05, 3.63) is 92.9 Å². The quantitative estimate of drug-likeness (QED) is 0.219. The van der Waals surface area contributed by atoms with Crippen molar-refractivity contribution in [2.45, 2.75) is 52.7 Å². The lowest BCUT2D eigenvalue weighted by atomic mass is 9.87. The highest BCUT2D eigenvalue weighted by Crippen LogP contribution is 2.43. The molecule has 1 fully saturated rings. The molecule has 5 rings (SSSR count). The summed E-state index contributed by atoms with van der Waals surface area (Å²) in [6.45, 7) is 11.0. The normalized spacial score (nSPS) is 19.1. The van der Waals surface area contributed by atoms with Gasteiger partial charge in [0.25, 0.3) is 11.1 Å². The van der Waals surface area contributed by atoms with E-state index in [-0.39, 0.29) is 16.7 Å². The van der Waals surface area contributed by atoms with Crippen molar-refractivity contribution in [3.63, 3.8) is 0 Å². The van der Waals surface area contributed by atoms with E-state index >= 15 is 0 Å². The number of fused-ring (bicyclic) bond motifs is 1. The third-order valence-electron chi connectivity index (χ3n) is 7.66. The van der Waals surface area contributed by atoms with Crippen molar-refractivity contribution in [2.24, 2.45) is 0 Å². The molecule has 2 heterocycles. The Balaban J connectivity index is 1.12. The first kappa shape index (κ1) is 28.8. The number of carbonyl (C=O) groups excluding carboxylic acids is 2. The van der Waals surface area contributed by atoms with Crippen LogP contribution in [0.2, 0.25) is 0 Å². The summed E-state index contributed by atoms with van der Waals surface area (Å²) in [5, 5.41) is 5.42. The van der Waals surface area contributed by atoms with Gasteiger partial charge >= 0.3 is 0 Å². The molecule has 8 heteroatoms. The van der Waals surface area contributed by atoms with E-state index < -0.39 is 0 Å². The Labute approximate surface area is 245 Å². The van der Waals surface area contributed by atoms with Crippen molar-refractivity contribution >= 4 is 29.0 Å². The van der Waals surface area contributed by atoms with E-state index in [1.54, 1.807) is 6.08 Å². The second kappa shape index (κ2) is 12.4. The summed E-state index contributed by atoms with van der Waals surface area (Å²) < 4.78 is 18.9. The average Bonchev–Trinajstić information content (AvgIpc) is 3.28. The number of rotatable bonds is 10. The Hall–Kier alpha value is -3.75. The maximum Gasteiger partial charge on any atom is 0.290 e. The Morgan fingerprint density at radius 2 is 1.76 bits per heavy atom. The summed E-state index contributed by atoms with van der Waals surface area (Å²) in [4.78, 5) is 23.4. The van der Waals surface area contributed by atoms with Gasteiger partial charge in [-0.3, -0.25) is 14.9 Å². The highest BCUT2D eigenvalue weighted by atomic mass is 32.2. The molecule has 2 aliphatic heterocycles. The van der Waals surface area contributed by atoms with Gasteiger partial charge < -0.3 is 19.5 Å². The largest absolute Gasteiger partial charge is 0.492 e. The van der Waals surface area contributed by atoms with Crippen LogP contribution in [-0.4, -0.2) is 36.4 Å². The van der Waals surface area contributed by atoms with E-state index in [0.717, 1.165) is 64.1 Å². The topological polar surface area (TPSA) is 85.9 Å². The van der Waals surface area contributed by atoms with Gasteiger partial charge in [0.15, 0.2) is 0 Å². The van der Waals surface area contributed by atoms with E-state index in [2.05, 4.69) is 50.5 Å². The minimum Gasteiger partial charge on any atom is -0.492 e. The zero-order valence-electron chi connectivity index (χ0n) is 24.0. The Bertz CT molecular complexity index is 1470. The molecular formula is C33H36N2O5S.